The summed E-state index contributed by atoms with van der Waals surface area (Å²) in [7, 11) is 0. The van der Waals surface area contributed by atoms with Gasteiger partial charge >= 0.3 is 12.1 Å². The van der Waals surface area contributed by atoms with E-state index in [9.17, 15) is 18.0 Å². The number of aliphatic carboxylic acids is 1. The zero-order valence-electron chi connectivity index (χ0n) is 15.2. The summed E-state index contributed by atoms with van der Waals surface area (Å²) in [6.45, 7) is 6.60. The van der Waals surface area contributed by atoms with Gasteiger partial charge in [-0.2, -0.15) is 13.2 Å². The van der Waals surface area contributed by atoms with Crippen molar-refractivity contribution in [3.05, 3.63) is 29.6 Å². The minimum absolute atomic E-state index is 0.0587. The van der Waals surface area contributed by atoms with Gasteiger partial charge in [0.2, 0.25) is 0 Å². The van der Waals surface area contributed by atoms with E-state index < -0.39 is 12.1 Å². The molecule has 2 saturated heterocycles. The van der Waals surface area contributed by atoms with Crippen molar-refractivity contribution in [1.82, 2.24) is 9.88 Å². The highest BCUT2D eigenvalue weighted by Crippen LogP contribution is 2.35. The quantitative estimate of drug-likeness (QED) is 0.843. The van der Waals surface area contributed by atoms with Crippen molar-refractivity contribution in [2.45, 2.75) is 39.0 Å². The van der Waals surface area contributed by atoms with Crippen LogP contribution in [-0.2, 0) is 9.53 Å². The minimum Gasteiger partial charge on any atom is -0.475 e. The average molecular weight is 388 g/mol. The third-order valence-corrected chi connectivity index (χ3v) is 4.86. The van der Waals surface area contributed by atoms with Crippen LogP contribution < -0.4 is 0 Å². The number of aryl methyl sites for hydroxylation is 1. The van der Waals surface area contributed by atoms with Gasteiger partial charge in [-0.3, -0.25) is 9.78 Å². The molecule has 0 radical (unpaired) electrons. The average Bonchev–Trinajstić information content (AvgIpc) is 3.03. The first kappa shape index (κ1) is 21.1. The van der Waals surface area contributed by atoms with Crippen LogP contribution in [0.3, 0.4) is 0 Å². The fraction of sp³-hybridized carbons (Fsp3) is 0.611. The number of carboxylic acid groups (broad SMARTS) is 1. The summed E-state index contributed by atoms with van der Waals surface area (Å²) in [6, 6.07) is 3.77. The number of halogens is 3. The van der Waals surface area contributed by atoms with Crippen LogP contribution in [0.15, 0.2) is 18.3 Å². The van der Waals surface area contributed by atoms with Crippen LogP contribution in [-0.4, -0.2) is 58.8 Å². The van der Waals surface area contributed by atoms with E-state index in [0.29, 0.717) is 23.6 Å². The van der Waals surface area contributed by atoms with E-state index in [0.717, 1.165) is 38.1 Å². The topological polar surface area (TPSA) is 79.7 Å². The van der Waals surface area contributed by atoms with Crippen molar-refractivity contribution in [2.24, 2.45) is 11.8 Å². The number of likely N-dealkylation sites (tertiary alicyclic amines) is 1. The SMILES string of the molecule is CC[C@H]1OC[C@H]2CN(C(=O)c3ccc(C)cn3)CC[C@H]21.O=C(O)C(F)(F)F. The molecule has 0 saturated carbocycles. The van der Waals surface area contributed by atoms with E-state index >= 15 is 0 Å². The Balaban J connectivity index is 0.000000321. The van der Waals surface area contributed by atoms with Gasteiger partial charge in [0.1, 0.15) is 5.69 Å². The molecular formula is C18H23F3N2O4. The maximum Gasteiger partial charge on any atom is 0.490 e. The van der Waals surface area contributed by atoms with E-state index in [1.807, 2.05) is 24.0 Å². The number of pyridine rings is 1. The summed E-state index contributed by atoms with van der Waals surface area (Å²) in [5, 5.41) is 7.12. The highest BCUT2D eigenvalue weighted by molar-refractivity contribution is 5.92. The Bertz CT molecular complexity index is 664. The fourth-order valence-electron chi connectivity index (χ4n) is 3.45. The molecular weight excluding hydrogens is 365 g/mol. The van der Waals surface area contributed by atoms with Gasteiger partial charge in [0, 0.05) is 25.2 Å². The molecule has 9 heteroatoms. The van der Waals surface area contributed by atoms with E-state index in [1.165, 1.54) is 0 Å². The molecule has 2 aliphatic heterocycles. The standard InChI is InChI=1S/C16H22N2O2.C2HF3O2/c1-3-15-13-6-7-18(9-12(13)10-20-15)16(19)14-5-4-11(2)8-17-14;3-2(4,5)1(6)7/h4-5,8,12-13,15H,3,6-7,9-10H2,1-2H3;(H,6,7)/t12-,13-,15-;/m1./s1. The molecule has 2 aliphatic rings. The van der Waals surface area contributed by atoms with Gasteiger partial charge in [-0.1, -0.05) is 13.0 Å². The molecule has 0 spiro atoms. The van der Waals surface area contributed by atoms with Crippen LogP contribution in [0.25, 0.3) is 0 Å². The number of ether oxygens (including phenoxy) is 1. The molecule has 0 unspecified atom stereocenters. The first-order chi connectivity index (χ1) is 12.6. The molecule has 150 valence electrons. The Hall–Kier alpha value is -2.16. The molecule has 0 bridgehead atoms. The summed E-state index contributed by atoms with van der Waals surface area (Å²) in [6.07, 6.45) is -0.795. The lowest BCUT2D eigenvalue weighted by atomic mass is 9.83. The highest BCUT2D eigenvalue weighted by Gasteiger charge is 2.41. The summed E-state index contributed by atoms with van der Waals surface area (Å²) < 4.78 is 37.6. The molecule has 3 heterocycles. The van der Waals surface area contributed by atoms with Gasteiger partial charge in [-0.05, 0) is 37.3 Å². The maximum absolute atomic E-state index is 12.5. The number of carbonyl (C=O) groups excluding carboxylic acids is 1. The minimum atomic E-state index is -5.08. The molecule has 27 heavy (non-hydrogen) atoms. The molecule has 0 aromatic carbocycles. The third-order valence-electron chi connectivity index (χ3n) is 4.86. The number of nitrogens with zero attached hydrogens (tertiary/aromatic N) is 2. The predicted molar refractivity (Wildman–Crippen MR) is 90.2 cm³/mol. The number of rotatable bonds is 2. The number of hydrogen-bond donors (Lipinski definition) is 1. The summed E-state index contributed by atoms with van der Waals surface area (Å²) in [5.41, 5.74) is 1.63. The van der Waals surface area contributed by atoms with Crippen molar-refractivity contribution in [1.29, 1.82) is 0 Å². The number of fused-ring (bicyclic) bond motifs is 1. The summed E-state index contributed by atoms with van der Waals surface area (Å²) >= 11 is 0. The largest absolute Gasteiger partial charge is 0.490 e. The zero-order valence-corrected chi connectivity index (χ0v) is 15.2. The zero-order chi connectivity index (χ0) is 20.2. The van der Waals surface area contributed by atoms with Crippen LogP contribution in [0.5, 0.6) is 0 Å². The van der Waals surface area contributed by atoms with Gasteiger partial charge in [-0.15, -0.1) is 0 Å². The van der Waals surface area contributed by atoms with Crippen molar-refractivity contribution in [3.8, 4) is 0 Å². The van der Waals surface area contributed by atoms with Gasteiger partial charge in [0.25, 0.3) is 5.91 Å². The fourth-order valence-corrected chi connectivity index (χ4v) is 3.45. The number of hydrogen-bond acceptors (Lipinski definition) is 4. The lowest BCUT2D eigenvalue weighted by Gasteiger charge is -2.35. The molecule has 1 aromatic heterocycles. The van der Waals surface area contributed by atoms with Crippen LogP contribution >= 0.6 is 0 Å². The molecule has 3 atom stereocenters. The second-order valence-corrected chi connectivity index (χ2v) is 6.77. The number of carbonyl (C=O) groups is 2. The predicted octanol–water partition coefficient (Wildman–Crippen LogP) is 2.91. The van der Waals surface area contributed by atoms with Crippen molar-refractivity contribution in [2.75, 3.05) is 19.7 Å². The van der Waals surface area contributed by atoms with Gasteiger partial charge in [0.05, 0.1) is 12.7 Å². The number of amides is 1. The number of alkyl halides is 3. The van der Waals surface area contributed by atoms with Gasteiger partial charge in [0.15, 0.2) is 0 Å². The summed E-state index contributed by atoms with van der Waals surface area (Å²) in [4.78, 5) is 27.6. The second-order valence-electron chi connectivity index (χ2n) is 6.77. The lowest BCUT2D eigenvalue weighted by molar-refractivity contribution is -0.192. The van der Waals surface area contributed by atoms with Crippen LogP contribution in [0.2, 0.25) is 0 Å². The van der Waals surface area contributed by atoms with Crippen molar-refractivity contribution in [3.63, 3.8) is 0 Å². The summed E-state index contributed by atoms with van der Waals surface area (Å²) in [5.74, 6) is -1.56. The highest BCUT2D eigenvalue weighted by atomic mass is 19.4. The van der Waals surface area contributed by atoms with E-state index in [4.69, 9.17) is 14.6 Å². The normalized spacial score (nSPS) is 24.6. The molecule has 1 amide bonds. The Kier molecular flexibility index (Phi) is 6.80. The van der Waals surface area contributed by atoms with E-state index in [2.05, 4.69) is 11.9 Å². The van der Waals surface area contributed by atoms with Gasteiger partial charge in [-0.25, -0.2) is 4.79 Å². The van der Waals surface area contributed by atoms with Crippen molar-refractivity contribution >= 4 is 11.9 Å². The number of aromatic nitrogens is 1. The molecule has 1 N–H and O–H groups in total. The van der Waals surface area contributed by atoms with Crippen LogP contribution in [0.4, 0.5) is 13.2 Å². The monoisotopic (exact) mass is 388 g/mol. The van der Waals surface area contributed by atoms with E-state index in [-0.39, 0.29) is 5.91 Å². The molecule has 0 aliphatic carbocycles. The van der Waals surface area contributed by atoms with E-state index in [1.54, 1.807) is 6.20 Å². The first-order valence-corrected chi connectivity index (χ1v) is 8.77. The Morgan fingerprint density at radius 3 is 2.56 bits per heavy atom. The van der Waals surface area contributed by atoms with Crippen LogP contribution in [0.1, 0.15) is 35.8 Å². The Morgan fingerprint density at radius 1 is 1.37 bits per heavy atom. The lowest BCUT2D eigenvalue weighted by Crippen LogP contribution is -2.44. The molecule has 3 rings (SSSR count). The van der Waals surface area contributed by atoms with Gasteiger partial charge < -0.3 is 14.7 Å². The smallest absolute Gasteiger partial charge is 0.475 e. The van der Waals surface area contributed by atoms with Crippen LogP contribution in [0, 0.1) is 18.8 Å². The molecule has 6 nitrogen and oxygen atoms in total. The number of carboxylic acids is 1. The third kappa shape index (κ3) is 5.41. The number of piperidine rings is 1. The van der Waals surface area contributed by atoms with Crippen molar-refractivity contribution < 1.29 is 32.6 Å². The molecule has 1 aromatic rings. The first-order valence-electron chi connectivity index (χ1n) is 8.77. The second kappa shape index (κ2) is 8.69. The Morgan fingerprint density at radius 2 is 2.04 bits per heavy atom. The molecule has 2 fully saturated rings. The maximum atomic E-state index is 12.5. The Labute approximate surface area is 155 Å².